The number of carbonyl (C=O) groups is 6. The Kier molecular flexibility index (Phi) is 21.3. The summed E-state index contributed by atoms with van der Waals surface area (Å²) in [6.07, 6.45) is 3.18. The minimum absolute atomic E-state index is 0.0168. The monoisotopic (exact) mass is 857 g/mol. The molecule has 20 nitrogen and oxygen atoms in total. The number of quaternary nitrogens is 1. The van der Waals surface area contributed by atoms with Crippen molar-refractivity contribution < 1.29 is 43.5 Å². The van der Waals surface area contributed by atoms with Gasteiger partial charge in [0.25, 0.3) is 0 Å². The lowest BCUT2D eigenvalue weighted by Crippen LogP contribution is -2.60. The molecule has 0 aromatic heterocycles. The molecule has 0 aliphatic carbocycles. The van der Waals surface area contributed by atoms with Crippen molar-refractivity contribution in [3.05, 3.63) is 40.3 Å². The SMILES string of the molecule is CC[C@H](C)[C@@H](NC(=O)[C@@H](Cc1ccc(O)cc1)NC(=O)[C@H]1CCCN1C(=O)[C@@H](CCCN=C(N)N)NC(=O)C(CCCC[N+](C)(C)C)N=[N+]=[N-])C(=O)N[C@H](CC(C)C)C(=O)[O-]. The summed E-state index contributed by atoms with van der Waals surface area (Å²) >= 11 is 0. The van der Waals surface area contributed by atoms with E-state index in [4.69, 9.17) is 11.5 Å². The molecule has 0 saturated carbocycles. The summed E-state index contributed by atoms with van der Waals surface area (Å²) in [6, 6.07) is -1.01. The van der Waals surface area contributed by atoms with Crippen LogP contribution in [0.1, 0.15) is 91.0 Å². The van der Waals surface area contributed by atoms with Gasteiger partial charge >= 0.3 is 0 Å². The van der Waals surface area contributed by atoms with Gasteiger partial charge in [0.1, 0.15) is 36.0 Å². The van der Waals surface area contributed by atoms with Crippen molar-refractivity contribution in [2.45, 2.75) is 128 Å². The number of nitrogens with two attached hydrogens (primary N) is 2. The van der Waals surface area contributed by atoms with Crippen LogP contribution in [0.3, 0.4) is 0 Å². The normalized spacial score (nSPS) is 16.8. The molecule has 9 N–H and O–H groups in total. The Balaban J connectivity index is 2.40. The maximum absolute atomic E-state index is 14.3. The largest absolute Gasteiger partial charge is 0.548 e. The third-order valence-electron chi connectivity index (χ3n) is 10.6. The Hall–Kier alpha value is -5.62. The van der Waals surface area contributed by atoms with E-state index in [0.717, 1.165) is 17.4 Å². The number of guanidine groups is 1. The minimum atomic E-state index is -1.46. The number of aliphatic imine (C=N–C) groups is 1. The number of benzene rings is 1. The second-order valence-corrected chi connectivity index (χ2v) is 17.2. The third kappa shape index (κ3) is 18.3. The van der Waals surface area contributed by atoms with Gasteiger partial charge in [0.2, 0.25) is 29.5 Å². The van der Waals surface area contributed by atoms with Crippen LogP contribution in [-0.4, -0.2) is 133 Å². The van der Waals surface area contributed by atoms with E-state index in [-0.39, 0.29) is 69.2 Å². The number of likely N-dealkylation sites (tertiary alicyclic amines) is 1. The number of carboxylic acids is 1. The van der Waals surface area contributed by atoms with Gasteiger partial charge in [-0.2, -0.15) is 0 Å². The molecule has 0 bridgehead atoms. The molecule has 1 aliphatic heterocycles. The number of phenols is 1. The molecule has 1 fully saturated rings. The molecule has 1 aliphatic rings. The zero-order valence-corrected chi connectivity index (χ0v) is 36.8. The molecule has 2 rings (SSSR count). The topological polar surface area (TPSA) is 310 Å². The van der Waals surface area contributed by atoms with Gasteiger partial charge < -0.3 is 57.1 Å². The van der Waals surface area contributed by atoms with Gasteiger partial charge in [-0.3, -0.25) is 29.0 Å². The fourth-order valence-corrected chi connectivity index (χ4v) is 7.01. The highest BCUT2D eigenvalue weighted by Gasteiger charge is 2.40. The van der Waals surface area contributed by atoms with Crippen molar-refractivity contribution in [1.29, 1.82) is 0 Å². The van der Waals surface area contributed by atoms with Crippen LogP contribution in [0.2, 0.25) is 0 Å². The summed E-state index contributed by atoms with van der Waals surface area (Å²) in [5.74, 6) is -5.45. The zero-order chi connectivity index (χ0) is 45.9. The highest BCUT2D eigenvalue weighted by Crippen LogP contribution is 2.22. The highest BCUT2D eigenvalue weighted by molar-refractivity contribution is 5.96. The van der Waals surface area contributed by atoms with Crippen LogP contribution in [0.15, 0.2) is 34.4 Å². The minimum Gasteiger partial charge on any atom is -0.548 e. The van der Waals surface area contributed by atoms with Crippen LogP contribution in [0.5, 0.6) is 5.75 Å². The maximum atomic E-state index is 14.3. The number of nitrogens with zero attached hydrogens (tertiary/aromatic N) is 6. The summed E-state index contributed by atoms with van der Waals surface area (Å²) in [5.41, 5.74) is 20.8. The summed E-state index contributed by atoms with van der Waals surface area (Å²) in [7, 11) is 6.14. The molecule has 7 atom stereocenters. The Bertz CT molecular complexity index is 1710. The van der Waals surface area contributed by atoms with Gasteiger partial charge in [-0.25, -0.2) is 0 Å². The first kappa shape index (κ1) is 51.5. The maximum Gasteiger partial charge on any atom is 0.245 e. The molecule has 1 saturated heterocycles. The van der Waals surface area contributed by atoms with Gasteiger partial charge in [-0.1, -0.05) is 51.4 Å². The fourth-order valence-electron chi connectivity index (χ4n) is 7.01. The van der Waals surface area contributed by atoms with E-state index in [1.807, 2.05) is 28.1 Å². The van der Waals surface area contributed by atoms with E-state index < -0.39 is 77.7 Å². The zero-order valence-electron chi connectivity index (χ0n) is 36.8. The fraction of sp³-hybridized carbons (Fsp3) is 0.683. The first-order chi connectivity index (χ1) is 28.7. The number of carboxylic acid groups (broad SMARTS) is 1. The van der Waals surface area contributed by atoms with Crippen molar-refractivity contribution in [3.63, 3.8) is 0 Å². The molecule has 61 heavy (non-hydrogen) atoms. The number of aliphatic carboxylic acids is 1. The second-order valence-electron chi connectivity index (χ2n) is 17.2. The lowest BCUT2D eigenvalue weighted by Gasteiger charge is -2.31. The van der Waals surface area contributed by atoms with Crippen molar-refractivity contribution in [1.82, 2.24) is 26.2 Å². The Morgan fingerprint density at radius 3 is 2.15 bits per heavy atom. The van der Waals surface area contributed by atoms with Crippen LogP contribution < -0.4 is 37.8 Å². The molecule has 1 unspecified atom stereocenters. The van der Waals surface area contributed by atoms with E-state index in [9.17, 15) is 44.5 Å². The second kappa shape index (κ2) is 25.2. The first-order valence-corrected chi connectivity index (χ1v) is 21.1. The molecule has 1 heterocycles. The molecular formula is C41H68N12O8. The van der Waals surface area contributed by atoms with Crippen LogP contribution in [0.25, 0.3) is 10.4 Å². The summed E-state index contributed by atoms with van der Waals surface area (Å²) in [5, 5.41) is 36.2. The lowest BCUT2D eigenvalue weighted by atomic mass is 9.96. The number of unbranched alkanes of at least 4 members (excludes halogenated alkanes) is 1. The number of aromatic hydroxyl groups is 1. The van der Waals surface area contributed by atoms with Crippen LogP contribution in [-0.2, 0) is 35.2 Å². The van der Waals surface area contributed by atoms with Gasteiger partial charge in [-0.05, 0) is 86.4 Å². The molecule has 20 heteroatoms. The Morgan fingerprint density at radius 2 is 1.57 bits per heavy atom. The smallest absolute Gasteiger partial charge is 0.245 e. The van der Waals surface area contributed by atoms with Crippen molar-refractivity contribution in [2.24, 2.45) is 33.4 Å². The Morgan fingerprint density at radius 1 is 0.918 bits per heavy atom. The van der Waals surface area contributed by atoms with E-state index in [0.29, 0.717) is 24.8 Å². The highest BCUT2D eigenvalue weighted by atomic mass is 16.4. The van der Waals surface area contributed by atoms with E-state index in [1.165, 1.54) is 17.0 Å². The number of nitrogens with one attached hydrogen (secondary N) is 4. The van der Waals surface area contributed by atoms with Crippen LogP contribution in [0.4, 0.5) is 0 Å². The number of phenolic OH excluding ortho intramolecular Hbond substituents is 1. The average Bonchev–Trinajstić information content (AvgIpc) is 3.68. The van der Waals surface area contributed by atoms with Gasteiger partial charge in [0.05, 0.1) is 39.7 Å². The van der Waals surface area contributed by atoms with Crippen molar-refractivity contribution >= 4 is 41.5 Å². The molecule has 340 valence electrons. The van der Waals surface area contributed by atoms with E-state index >= 15 is 0 Å². The molecule has 0 radical (unpaired) electrons. The number of rotatable bonds is 26. The predicted octanol–water partition coefficient (Wildman–Crippen LogP) is 0.316. The van der Waals surface area contributed by atoms with E-state index in [1.54, 1.807) is 32.9 Å². The molecular weight excluding hydrogens is 789 g/mol. The molecule has 5 amide bonds. The quantitative estimate of drug-likeness (QED) is 0.0127. The lowest BCUT2D eigenvalue weighted by molar-refractivity contribution is -0.870. The first-order valence-electron chi connectivity index (χ1n) is 21.1. The number of azide groups is 1. The number of hydrogen-bond donors (Lipinski definition) is 7. The van der Waals surface area contributed by atoms with Crippen molar-refractivity contribution in [3.8, 4) is 5.75 Å². The standard InChI is InChI=1S/C41H68N12O8/c1-8-26(4)34(38(58)48-32(40(60)61)23-25(2)3)49-36(56)31(24-27-16-18-28(54)19-17-27)47-37(57)33-15-12-21-52(33)39(59)30(14-11-20-45-41(42)43)46-35(55)29(50-51-44)13-9-10-22-53(5,6)7/h16-19,25-26,29-34H,8-15,20-24H2,1-7H3,(H9-,42,43,45,46,47,48,49,54,55,56,57,58,60,61)/t26-,29?,30+,31+,32+,33+,34+/m0/s1. The Labute approximate surface area is 358 Å². The third-order valence-corrected chi connectivity index (χ3v) is 10.6. The molecule has 0 spiro atoms. The van der Waals surface area contributed by atoms with Gasteiger partial charge in [0, 0.05) is 24.4 Å². The van der Waals surface area contributed by atoms with Crippen LogP contribution >= 0.6 is 0 Å². The predicted molar refractivity (Wildman–Crippen MR) is 228 cm³/mol. The van der Waals surface area contributed by atoms with Gasteiger partial charge in [-0.15, -0.1) is 0 Å². The number of carbonyl (C=O) groups excluding carboxylic acids is 6. The van der Waals surface area contributed by atoms with Crippen molar-refractivity contribution in [2.75, 3.05) is 40.8 Å². The summed E-state index contributed by atoms with van der Waals surface area (Å²) in [4.78, 5) is 89.7. The van der Waals surface area contributed by atoms with Gasteiger partial charge in [0.15, 0.2) is 5.96 Å². The molecule has 1 aromatic rings. The summed E-state index contributed by atoms with van der Waals surface area (Å²) in [6.45, 7) is 8.30. The number of amides is 5. The average molecular weight is 857 g/mol. The summed E-state index contributed by atoms with van der Waals surface area (Å²) < 4.78 is 0.721. The number of hydrogen-bond acceptors (Lipinski definition) is 10. The van der Waals surface area contributed by atoms with E-state index in [2.05, 4.69) is 36.3 Å². The van der Waals surface area contributed by atoms with Crippen LogP contribution in [0, 0.1) is 11.8 Å². The molecule has 1 aromatic carbocycles.